The lowest BCUT2D eigenvalue weighted by atomic mass is 10.2. The van der Waals surface area contributed by atoms with Crippen LogP contribution in [0, 0.1) is 6.92 Å². The van der Waals surface area contributed by atoms with Gasteiger partial charge in [0, 0.05) is 17.4 Å². The van der Waals surface area contributed by atoms with Crippen LogP contribution in [-0.4, -0.2) is 9.67 Å². The van der Waals surface area contributed by atoms with E-state index in [1.54, 1.807) is 24.3 Å². The molecule has 0 saturated carbocycles. The molecule has 0 spiro atoms. The Labute approximate surface area is 124 Å². The number of ether oxygens (including phenoxy) is 1. The lowest BCUT2D eigenvalue weighted by Gasteiger charge is -2.10. The van der Waals surface area contributed by atoms with Gasteiger partial charge in [0.05, 0.1) is 5.69 Å². The summed E-state index contributed by atoms with van der Waals surface area (Å²) in [5.41, 5.74) is 3.67. The van der Waals surface area contributed by atoms with Crippen molar-refractivity contribution in [3.63, 3.8) is 0 Å². The van der Waals surface area contributed by atoms with E-state index in [2.05, 4.69) is 42.7 Å². The molecule has 0 atom stereocenters. The number of phenolic OH excluding ortho intramolecular Hbond substituents is 1. The minimum absolute atomic E-state index is 0.250. The van der Waals surface area contributed by atoms with Crippen molar-refractivity contribution in [3.8, 4) is 11.5 Å². The number of hydrogen-bond acceptors (Lipinski definition) is 2. The predicted octanol–water partition coefficient (Wildman–Crippen LogP) is 4.25. The molecule has 108 valence electrons. The molecular weight excluding hydrogens is 262 g/mol. The lowest BCUT2D eigenvalue weighted by molar-refractivity contribution is 0.295. The highest BCUT2D eigenvalue weighted by Crippen LogP contribution is 2.23. The van der Waals surface area contributed by atoms with Gasteiger partial charge in [-0.25, -0.2) is 0 Å². The van der Waals surface area contributed by atoms with E-state index in [1.807, 2.05) is 0 Å². The average molecular weight is 281 g/mol. The van der Waals surface area contributed by atoms with Crippen molar-refractivity contribution in [2.24, 2.45) is 0 Å². The van der Waals surface area contributed by atoms with Crippen molar-refractivity contribution in [2.45, 2.75) is 27.0 Å². The van der Waals surface area contributed by atoms with E-state index in [4.69, 9.17) is 4.74 Å². The number of phenols is 1. The topological polar surface area (TPSA) is 34.4 Å². The van der Waals surface area contributed by atoms with Gasteiger partial charge in [0.1, 0.15) is 18.1 Å². The highest BCUT2D eigenvalue weighted by atomic mass is 16.5. The standard InChI is InChI=1S/C18H19NO2/c1-3-19-15(11-14-10-13(2)4-9-18(14)19)12-21-17-7-5-16(20)6-8-17/h4-11,20H,3,12H2,1-2H3. The first kappa shape index (κ1) is 13.6. The maximum absolute atomic E-state index is 9.29. The van der Waals surface area contributed by atoms with E-state index in [1.165, 1.54) is 16.5 Å². The minimum atomic E-state index is 0.250. The van der Waals surface area contributed by atoms with Crippen molar-refractivity contribution in [2.75, 3.05) is 0 Å². The van der Waals surface area contributed by atoms with Crippen LogP contribution < -0.4 is 4.74 Å². The van der Waals surface area contributed by atoms with Crippen molar-refractivity contribution in [1.82, 2.24) is 4.57 Å². The Balaban J connectivity index is 1.87. The van der Waals surface area contributed by atoms with Crippen LogP contribution in [0.1, 0.15) is 18.2 Å². The molecule has 1 aromatic heterocycles. The molecule has 0 fully saturated rings. The van der Waals surface area contributed by atoms with Crippen molar-refractivity contribution < 1.29 is 9.84 Å². The zero-order valence-corrected chi connectivity index (χ0v) is 12.3. The average Bonchev–Trinajstić information content (AvgIpc) is 2.83. The first-order valence-electron chi connectivity index (χ1n) is 7.18. The Bertz CT molecular complexity index is 757. The van der Waals surface area contributed by atoms with Gasteiger partial charge in [0.2, 0.25) is 0 Å². The third-order valence-electron chi connectivity index (χ3n) is 3.68. The van der Waals surface area contributed by atoms with Gasteiger partial charge in [-0.1, -0.05) is 11.6 Å². The van der Waals surface area contributed by atoms with Gasteiger partial charge in [-0.3, -0.25) is 0 Å². The number of aryl methyl sites for hydroxylation is 2. The molecule has 2 aromatic carbocycles. The molecule has 1 heterocycles. The first-order valence-corrected chi connectivity index (χ1v) is 7.18. The third kappa shape index (κ3) is 2.72. The third-order valence-corrected chi connectivity index (χ3v) is 3.68. The highest BCUT2D eigenvalue weighted by molar-refractivity contribution is 5.82. The molecule has 0 bridgehead atoms. The van der Waals surface area contributed by atoms with Crippen LogP contribution in [0.25, 0.3) is 10.9 Å². The number of benzene rings is 2. The van der Waals surface area contributed by atoms with Crippen LogP contribution in [0.2, 0.25) is 0 Å². The fourth-order valence-corrected chi connectivity index (χ4v) is 2.64. The smallest absolute Gasteiger partial charge is 0.128 e. The van der Waals surface area contributed by atoms with Gasteiger partial charge in [-0.2, -0.15) is 0 Å². The van der Waals surface area contributed by atoms with Crippen LogP contribution in [0.4, 0.5) is 0 Å². The molecule has 0 unspecified atom stereocenters. The Morgan fingerprint density at radius 2 is 1.81 bits per heavy atom. The van der Waals surface area contributed by atoms with Crippen molar-refractivity contribution >= 4 is 10.9 Å². The lowest BCUT2D eigenvalue weighted by Crippen LogP contribution is -2.04. The molecule has 3 nitrogen and oxygen atoms in total. The van der Waals surface area contributed by atoms with Gasteiger partial charge >= 0.3 is 0 Å². The van der Waals surface area contributed by atoms with Gasteiger partial charge in [-0.15, -0.1) is 0 Å². The number of rotatable bonds is 4. The Kier molecular flexibility index (Phi) is 3.57. The summed E-state index contributed by atoms with van der Waals surface area (Å²) in [7, 11) is 0. The Hall–Kier alpha value is -2.42. The zero-order chi connectivity index (χ0) is 14.8. The monoisotopic (exact) mass is 281 g/mol. The zero-order valence-electron chi connectivity index (χ0n) is 12.3. The van der Waals surface area contributed by atoms with Gasteiger partial charge in [-0.05, 0) is 56.3 Å². The molecule has 0 radical (unpaired) electrons. The van der Waals surface area contributed by atoms with Crippen molar-refractivity contribution in [3.05, 3.63) is 59.8 Å². The molecule has 0 aliphatic rings. The van der Waals surface area contributed by atoms with E-state index < -0.39 is 0 Å². The summed E-state index contributed by atoms with van der Waals surface area (Å²) in [4.78, 5) is 0. The maximum atomic E-state index is 9.29. The molecule has 1 N–H and O–H groups in total. The summed E-state index contributed by atoms with van der Waals surface area (Å²) < 4.78 is 8.09. The summed E-state index contributed by atoms with van der Waals surface area (Å²) in [5, 5.41) is 10.5. The fourth-order valence-electron chi connectivity index (χ4n) is 2.64. The van der Waals surface area contributed by atoms with E-state index in [0.29, 0.717) is 6.61 Å². The summed E-state index contributed by atoms with van der Waals surface area (Å²) in [6.07, 6.45) is 0. The first-order chi connectivity index (χ1) is 10.2. The second-order valence-electron chi connectivity index (χ2n) is 5.22. The molecule has 3 heteroatoms. The quantitative estimate of drug-likeness (QED) is 0.775. The van der Waals surface area contributed by atoms with E-state index >= 15 is 0 Å². The second kappa shape index (κ2) is 5.52. The van der Waals surface area contributed by atoms with Gasteiger partial charge < -0.3 is 14.4 Å². The number of aromatic nitrogens is 1. The van der Waals surface area contributed by atoms with Gasteiger partial charge in [0.15, 0.2) is 0 Å². The normalized spacial score (nSPS) is 11.0. The SMILES string of the molecule is CCn1c(COc2ccc(O)cc2)cc2cc(C)ccc21. The molecule has 0 aliphatic heterocycles. The summed E-state index contributed by atoms with van der Waals surface area (Å²) in [6, 6.07) is 15.5. The van der Waals surface area contributed by atoms with Crippen LogP contribution in [0.15, 0.2) is 48.5 Å². The number of fused-ring (bicyclic) bond motifs is 1. The predicted molar refractivity (Wildman–Crippen MR) is 84.8 cm³/mol. The minimum Gasteiger partial charge on any atom is -0.508 e. The van der Waals surface area contributed by atoms with E-state index in [-0.39, 0.29) is 5.75 Å². The number of aromatic hydroxyl groups is 1. The largest absolute Gasteiger partial charge is 0.508 e. The van der Waals surface area contributed by atoms with Gasteiger partial charge in [0.25, 0.3) is 0 Å². The Morgan fingerprint density at radius 1 is 1.05 bits per heavy atom. The number of hydrogen-bond donors (Lipinski definition) is 1. The second-order valence-corrected chi connectivity index (χ2v) is 5.22. The highest BCUT2D eigenvalue weighted by Gasteiger charge is 2.08. The number of nitrogens with zero attached hydrogens (tertiary/aromatic N) is 1. The summed E-state index contributed by atoms with van der Waals surface area (Å²) in [5.74, 6) is 1.01. The van der Waals surface area contributed by atoms with E-state index in [9.17, 15) is 5.11 Å². The van der Waals surface area contributed by atoms with E-state index in [0.717, 1.165) is 18.0 Å². The van der Waals surface area contributed by atoms with Crippen LogP contribution in [0.3, 0.4) is 0 Å². The summed E-state index contributed by atoms with van der Waals surface area (Å²) >= 11 is 0. The molecule has 21 heavy (non-hydrogen) atoms. The molecule has 0 amide bonds. The van der Waals surface area contributed by atoms with Crippen LogP contribution in [0.5, 0.6) is 11.5 Å². The van der Waals surface area contributed by atoms with Crippen LogP contribution >= 0.6 is 0 Å². The molecular formula is C18H19NO2. The molecule has 0 saturated heterocycles. The molecule has 3 aromatic rings. The summed E-state index contributed by atoms with van der Waals surface area (Å²) in [6.45, 7) is 5.69. The van der Waals surface area contributed by atoms with Crippen molar-refractivity contribution in [1.29, 1.82) is 0 Å². The molecule has 3 rings (SSSR count). The maximum Gasteiger partial charge on any atom is 0.128 e. The van der Waals surface area contributed by atoms with Crippen LogP contribution in [-0.2, 0) is 13.2 Å². The molecule has 0 aliphatic carbocycles. The Morgan fingerprint density at radius 3 is 2.52 bits per heavy atom. The fraction of sp³-hybridized carbons (Fsp3) is 0.222.